The van der Waals surface area contributed by atoms with Crippen LogP contribution < -0.4 is 0 Å². The molecule has 0 radical (unpaired) electrons. The highest BCUT2D eigenvalue weighted by Gasteiger charge is 2.26. The van der Waals surface area contributed by atoms with Gasteiger partial charge in [-0.05, 0) is 30.2 Å². The Hall–Kier alpha value is -1.36. The minimum atomic E-state index is -3.11. The normalized spacial score (nSPS) is 17.1. The van der Waals surface area contributed by atoms with Crippen LogP contribution >= 0.6 is 0 Å². The van der Waals surface area contributed by atoms with Crippen molar-refractivity contribution in [1.29, 1.82) is 0 Å². The van der Waals surface area contributed by atoms with Crippen LogP contribution in [-0.2, 0) is 21.0 Å². The van der Waals surface area contributed by atoms with Crippen molar-refractivity contribution >= 4 is 15.8 Å². The van der Waals surface area contributed by atoms with Gasteiger partial charge in [0.05, 0.1) is 23.3 Å². The van der Waals surface area contributed by atoms with Crippen molar-refractivity contribution in [2.45, 2.75) is 11.3 Å². The monoisotopic (exact) mass is 226 g/mol. The molecule has 1 aliphatic heterocycles. The molecule has 0 unspecified atom stereocenters. The summed E-state index contributed by atoms with van der Waals surface area (Å²) in [6.07, 6.45) is 0.475. The van der Waals surface area contributed by atoms with E-state index in [2.05, 4.69) is 4.74 Å². The predicted molar refractivity (Wildman–Crippen MR) is 53.5 cm³/mol. The molecule has 0 N–H and O–H groups in total. The van der Waals surface area contributed by atoms with Gasteiger partial charge in [0.25, 0.3) is 0 Å². The van der Waals surface area contributed by atoms with Gasteiger partial charge in [-0.2, -0.15) is 0 Å². The molecule has 0 fully saturated rings. The van der Waals surface area contributed by atoms with Gasteiger partial charge < -0.3 is 4.74 Å². The molecule has 0 saturated heterocycles. The van der Waals surface area contributed by atoms with Crippen LogP contribution in [0, 0.1) is 0 Å². The lowest BCUT2D eigenvalue weighted by molar-refractivity contribution is 0.0600. The molecule has 1 aliphatic rings. The first-order valence-corrected chi connectivity index (χ1v) is 6.14. The lowest BCUT2D eigenvalue weighted by atomic mass is 10.1. The first kappa shape index (κ1) is 10.2. The van der Waals surface area contributed by atoms with E-state index in [4.69, 9.17) is 0 Å². The molecule has 0 atom stereocenters. The Morgan fingerprint density at radius 3 is 2.80 bits per heavy atom. The molecule has 4 nitrogen and oxygen atoms in total. The van der Waals surface area contributed by atoms with Crippen molar-refractivity contribution in [2.75, 3.05) is 12.9 Å². The SMILES string of the molecule is COC(=O)c1ccc2c(c1)CCS2(=O)=O. The Kier molecular flexibility index (Phi) is 2.26. The molecule has 0 bridgehead atoms. The number of hydrogen-bond donors (Lipinski definition) is 0. The van der Waals surface area contributed by atoms with E-state index in [-0.39, 0.29) is 5.75 Å². The van der Waals surface area contributed by atoms with E-state index in [9.17, 15) is 13.2 Å². The molecular formula is C10H10O4S. The summed E-state index contributed by atoms with van der Waals surface area (Å²) >= 11 is 0. The minimum absolute atomic E-state index is 0.132. The summed E-state index contributed by atoms with van der Waals surface area (Å²) in [5, 5.41) is 0. The van der Waals surface area contributed by atoms with Crippen molar-refractivity contribution in [2.24, 2.45) is 0 Å². The van der Waals surface area contributed by atoms with Crippen molar-refractivity contribution < 1.29 is 17.9 Å². The van der Waals surface area contributed by atoms with Crippen molar-refractivity contribution in [3.63, 3.8) is 0 Å². The zero-order valence-electron chi connectivity index (χ0n) is 8.19. The van der Waals surface area contributed by atoms with Gasteiger partial charge in [0.2, 0.25) is 0 Å². The molecule has 0 saturated carbocycles. The van der Waals surface area contributed by atoms with Gasteiger partial charge in [-0.1, -0.05) is 0 Å². The van der Waals surface area contributed by atoms with Crippen molar-refractivity contribution in [3.8, 4) is 0 Å². The van der Waals surface area contributed by atoms with Crippen LogP contribution in [0.1, 0.15) is 15.9 Å². The lowest BCUT2D eigenvalue weighted by Gasteiger charge is -2.01. The van der Waals surface area contributed by atoms with Crippen molar-refractivity contribution in [3.05, 3.63) is 29.3 Å². The number of ether oxygens (including phenoxy) is 1. The average Bonchev–Trinajstić information content (AvgIpc) is 2.53. The number of carbonyl (C=O) groups is 1. The smallest absolute Gasteiger partial charge is 0.337 e. The van der Waals surface area contributed by atoms with Gasteiger partial charge >= 0.3 is 5.97 Å². The number of hydrogen-bond acceptors (Lipinski definition) is 4. The molecule has 1 heterocycles. The molecule has 0 aliphatic carbocycles. The average molecular weight is 226 g/mol. The van der Waals surface area contributed by atoms with Crippen LogP contribution in [-0.4, -0.2) is 27.2 Å². The summed E-state index contributed by atoms with van der Waals surface area (Å²) in [4.78, 5) is 11.5. The minimum Gasteiger partial charge on any atom is -0.465 e. The van der Waals surface area contributed by atoms with Crippen LogP contribution in [0.15, 0.2) is 23.1 Å². The fraction of sp³-hybridized carbons (Fsp3) is 0.300. The topological polar surface area (TPSA) is 60.4 Å². The van der Waals surface area contributed by atoms with Crippen molar-refractivity contribution in [1.82, 2.24) is 0 Å². The molecule has 1 aromatic rings. The fourth-order valence-electron chi connectivity index (χ4n) is 1.68. The second-order valence-electron chi connectivity index (χ2n) is 3.38. The van der Waals surface area contributed by atoms with Crippen LogP contribution in [0.2, 0.25) is 0 Å². The second kappa shape index (κ2) is 3.34. The summed E-state index contributed by atoms with van der Waals surface area (Å²) < 4.78 is 27.5. The largest absolute Gasteiger partial charge is 0.465 e. The third kappa shape index (κ3) is 1.63. The number of esters is 1. The van der Waals surface area contributed by atoms with E-state index >= 15 is 0 Å². The van der Waals surface area contributed by atoms with Crippen LogP contribution in [0.4, 0.5) is 0 Å². The van der Waals surface area contributed by atoms with E-state index in [1.165, 1.54) is 19.2 Å². The molecule has 15 heavy (non-hydrogen) atoms. The molecule has 5 heteroatoms. The quantitative estimate of drug-likeness (QED) is 0.665. The molecule has 0 amide bonds. The highest BCUT2D eigenvalue weighted by Crippen LogP contribution is 2.26. The van der Waals surface area contributed by atoms with Gasteiger partial charge in [-0.15, -0.1) is 0 Å². The highest BCUT2D eigenvalue weighted by molar-refractivity contribution is 7.91. The number of methoxy groups -OCH3 is 1. The van der Waals surface area contributed by atoms with E-state index in [0.29, 0.717) is 22.4 Å². The molecule has 80 valence electrons. The summed E-state index contributed by atoms with van der Waals surface area (Å²) in [7, 11) is -1.81. The Morgan fingerprint density at radius 1 is 1.40 bits per heavy atom. The summed E-state index contributed by atoms with van der Waals surface area (Å²) in [6.45, 7) is 0. The lowest BCUT2D eigenvalue weighted by Crippen LogP contribution is -2.02. The fourth-order valence-corrected chi connectivity index (χ4v) is 3.22. The molecule has 0 aromatic heterocycles. The zero-order valence-corrected chi connectivity index (χ0v) is 9.00. The van der Waals surface area contributed by atoms with Crippen LogP contribution in [0.5, 0.6) is 0 Å². The number of carbonyl (C=O) groups excluding carboxylic acids is 1. The maximum atomic E-state index is 11.5. The Balaban J connectivity index is 2.51. The Bertz CT molecular complexity index is 516. The van der Waals surface area contributed by atoms with E-state index in [1.807, 2.05) is 0 Å². The van der Waals surface area contributed by atoms with E-state index in [1.54, 1.807) is 6.07 Å². The molecule has 1 aromatic carbocycles. The Labute approximate surface area is 87.8 Å². The first-order valence-electron chi connectivity index (χ1n) is 4.48. The summed E-state index contributed by atoms with van der Waals surface area (Å²) in [6, 6.07) is 4.54. The van der Waals surface area contributed by atoms with Gasteiger partial charge in [-0.25, -0.2) is 13.2 Å². The zero-order chi connectivity index (χ0) is 11.1. The Morgan fingerprint density at radius 2 is 2.13 bits per heavy atom. The van der Waals surface area contributed by atoms with Gasteiger partial charge in [-0.3, -0.25) is 0 Å². The summed E-state index contributed by atoms with van der Waals surface area (Å²) in [5.41, 5.74) is 1.10. The number of fused-ring (bicyclic) bond motifs is 1. The maximum absolute atomic E-state index is 11.5. The molecular weight excluding hydrogens is 216 g/mol. The predicted octanol–water partition coefficient (Wildman–Crippen LogP) is 0.803. The summed E-state index contributed by atoms with van der Waals surface area (Å²) in [5.74, 6) is -0.311. The number of rotatable bonds is 1. The number of benzene rings is 1. The van der Waals surface area contributed by atoms with Gasteiger partial charge in [0.1, 0.15) is 0 Å². The van der Waals surface area contributed by atoms with Crippen LogP contribution in [0.25, 0.3) is 0 Å². The standard InChI is InChI=1S/C10H10O4S/c1-14-10(11)8-2-3-9-7(6-8)4-5-15(9,12)13/h2-3,6H,4-5H2,1H3. The number of sulfone groups is 1. The third-order valence-electron chi connectivity index (χ3n) is 2.46. The maximum Gasteiger partial charge on any atom is 0.337 e. The highest BCUT2D eigenvalue weighted by atomic mass is 32.2. The third-order valence-corrected chi connectivity index (χ3v) is 4.27. The molecule has 0 spiro atoms. The number of aryl methyl sites for hydroxylation is 1. The van der Waals surface area contributed by atoms with Gasteiger partial charge in [0.15, 0.2) is 9.84 Å². The molecule has 2 rings (SSSR count). The van der Waals surface area contributed by atoms with E-state index < -0.39 is 15.8 Å². The van der Waals surface area contributed by atoms with Crippen LogP contribution in [0.3, 0.4) is 0 Å². The second-order valence-corrected chi connectivity index (χ2v) is 5.46. The van der Waals surface area contributed by atoms with E-state index in [0.717, 1.165) is 0 Å². The van der Waals surface area contributed by atoms with Gasteiger partial charge in [0, 0.05) is 0 Å². The first-order chi connectivity index (χ1) is 7.04.